The average Bonchev–Trinajstić information content (AvgIpc) is 2.66. The van der Waals surface area contributed by atoms with Gasteiger partial charge in [0.05, 0.1) is 11.3 Å². The normalized spacial score (nSPS) is 9.93. The van der Waals surface area contributed by atoms with Crippen molar-refractivity contribution in [1.29, 1.82) is 0 Å². The number of ether oxygens (including phenoxy) is 1. The molecule has 0 unspecified atom stereocenters. The number of pyridine rings is 1. The van der Waals surface area contributed by atoms with E-state index in [-0.39, 0.29) is 5.97 Å². The molecule has 2 aromatic heterocycles. The van der Waals surface area contributed by atoms with Crippen LogP contribution in [0.15, 0.2) is 35.8 Å². The second kappa shape index (κ2) is 4.23. The summed E-state index contributed by atoms with van der Waals surface area (Å²) in [5.41, 5.74) is 1.67. The van der Waals surface area contributed by atoms with E-state index in [4.69, 9.17) is 4.74 Å². The van der Waals surface area contributed by atoms with Crippen LogP contribution in [0.25, 0.3) is 11.3 Å². The summed E-state index contributed by atoms with van der Waals surface area (Å²) in [6, 6.07) is 7.53. The van der Waals surface area contributed by atoms with E-state index >= 15 is 0 Å². The van der Waals surface area contributed by atoms with Crippen molar-refractivity contribution in [3.05, 3.63) is 35.8 Å². The van der Waals surface area contributed by atoms with E-state index in [1.54, 1.807) is 6.20 Å². The Kier molecular flexibility index (Phi) is 2.78. The summed E-state index contributed by atoms with van der Waals surface area (Å²) in [7, 11) is 0. The van der Waals surface area contributed by atoms with Crippen LogP contribution < -0.4 is 4.74 Å². The van der Waals surface area contributed by atoms with Crippen LogP contribution in [0.3, 0.4) is 0 Å². The third-order valence-electron chi connectivity index (χ3n) is 1.81. The van der Waals surface area contributed by atoms with Crippen molar-refractivity contribution in [2.75, 3.05) is 0 Å². The van der Waals surface area contributed by atoms with Crippen molar-refractivity contribution in [3.63, 3.8) is 0 Å². The van der Waals surface area contributed by atoms with Gasteiger partial charge in [-0.15, -0.1) is 11.3 Å². The van der Waals surface area contributed by atoms with E-state index in [0.29, 0.717) is 5.06 Å². The van der Waals surface area contributed by atoms with Gasteiger partial charge in [0.25, 0.3) is 0 Å². The lowest BCUT2D eigenvalue weighted by molar-refractivity contribution is -0.131. The first-order valence-electron chi connectivity index (χ1n) is 4.44. The first-order chi connectivity index (χ1) is 7.27. The first kappa shape index (κ1) is 9.86. The van der Waals surface area contributed by atoms with Crippen LogP contribution >= 0.6 is 11.3 Å². The van der Waals surface area contributed by atoms with Crippen LogP contribution in [-0.2, 0) is 4.79 Å². The smallest absolute Gasteiger partial charge is 0.308 e. The van der Waals surface area contributed by atoms with Gasteiger partial charge >= 0.3 is 5.97 Å². The van der Waals surface area contributed by atoms with Crippen LogP contribution in [0.2, 0.25) is 0 Å². The van der Waals surface area contributed by atoms with Gasteiger partial charge in [0.2, 0.25) is 0 Å². The molecule has 4 heteroatoms. The van der Waals surface area contributed by atoms with Crippen molar-refractivity contribution in [1.82, 2.24) is 4.98 Å². The maximum atomic E-state index is 10.9. The Morgan fingerprint density at radius 2 is 2.27 bits per heavy atom. The molecule has 0 radical (unpaired) electrons. The largest absolute Gasteiger partial charge is 0.415 e. The standard InChI is InChI=1S/C11H9NO2S/c1-8(13)14-11-9(5-7-15-11)10-4-2-3-6-12-10/h2-7H,1H3. The molecule has 0 amide bonds. The van der Waals surface area contributed by atoms with Crippen molar-refractivity contribution in [2.24, 2.45) is 0 Å². The Balaban J connectivity index is 2.37. The number of thiophene rings is 1. The van der Waals surface area contributed by atoms with E-state index < -0.39 is 0 Å². The van der Waals surface area contributed by atoms with Gasteiger partial charge in [-0.05, 0) is 23.6 Å². The zero-order chi connectivity index (χ0) is 10.7. The summed E-state index contributed by atoms with van der Waals surface area (Å²) in [6.45, 7) is 1.39. The molecule has 0 atom stereocenters. The highest BCUT2D eigenvalue weighted by Gasteiger charge is 2.10. The van der Waals surface area contributed by atoms with Crippen molar-refractivity contribution < 1.29 is 9.53 Å². The number of aromatic nitrogens is 1. The van der Waals surface area contributed by atoms with Gasteiger partial charge in [-0.2, -0.15) is 0 Å². The molecule has 0 aromatic carbocycles. The van der Waals surface area contributed by atoms with Crippen molar-refractivity contribution in [2.45, 2.75) is 6.92 Å². The molecule has 0 spiro atoms. The first-order valence-corrected chi connectivity index (χ1v) is 5.32. The van der Waals surface area contributed by atoms with Crippen molar-refractivity contribution >= 4 is 17.3 Å². The predicted octanol–water partition coefficient (Wildman–Crippen LogP) is 2.74. The Bertz CT molecular complexity index is 464. The molecular formula is C11H9NO2S. The fraction of sp³-hybridized carbons (Fsp3) is 0.0909. The number of hydrogen-bond donors (Lipinski definition) is 0. The number of carbonyl (C=O) groups excluding carboxylic acids is 1. The monoisotopic (exact) mass is 219 g/mol. The second-order valence-electron chi connectivity index (χ2n) is 2.93. The quantitative estimate of drug-likeness (QED) is 0.729. The SMILES string of the molecule is CC(=O)Oc1sccc1-c1ccccn1. The molecule has 0 N–H and O–H groups in total. The molecule has 0 aliphatic heterocycles. The third-order valence-corrected chi connectivity index (χ3v) is 2.60. The molecule has 0 saturated carbocycles. The molecule has 0 bridgehead atoms. The van der Waals surface area contributed by atoms with E-state index in [9.17, 15) is 4.79 Å². The van der Waals surface area contributed by atoms with Crippen LogP contribution in [0, 0.1) is 0 Å². The van der Waals surface area contributed by atoms with Gasteiger partial charge in [0.1, 0.15) is 0 Å². The second-order valence-corrected chi connectivity index (χ2v) is 3.81. The fourth-order valence-electron chi connectivity index (χ4n) is 1.22. The molecule has 0 saturated heterocycles. The molecule has 3 nitrogen and oxygen atoms in total. The van der Waals surface area contributed by atoms with Gasteiger partial charge < -0.3 is 4.74 Å². The Hall–Kier alpha value is -1.68. The number of carbonyl (C=O) groups is 1. The summed E-state index contributed by atoms with van der Waals surface area (Å²) in [4.78, 5) is 15.1. The zero-order valence-electron chi connectivity index (χ0n) is 8.14. The molecule has 15 heavy (non-hydrogen) atoms. The van der Waals surface area contributed by atoms with Crippen molar-refractivity contribution in [3.8, 4) is 16.3 Å². The molecule has 2 heterocycles. The molecule has 0 aliphatic carbocycles. The Morgan fingerprint density at radius 3 is 2.93 bits per heavy atom. The lowest BCUT2D eigenvalue weighted by Crippen LogP contribution is -2.00. The van der Waals surface area contributed by atoms with Gasteiger partial charge in [0.15, 0.2) is 5.06 Å². The van der Waals surface area contributed by atoms with Crippen LogP contribution in [0.1, 0.15) is 6.92 Å². The molecule has 76 valence electrons. The summed E-state index contributed by atoms with van der Waals surface area (Å²) in [6.07, 6.45) is 1.71. The minimum atomic E-state index is -0.311. The highest BCUT2D eigenvalue weighted by atomic mass is 32.1. The summed E-state index contributed by atoms with van der Waals surface area (Å²) < 4.78 is 5.08. The summed E-state index contributed by atoms with van der Waals surface area (Å²) >= 11 is 1.39. The number of rotatable bonds is 2. The van der Waals surface area contributed by atoms with E-state index in [1.165, 1.54) is 18.3 Å². The Morgan fingerprint density at radius 1 is 1.40 bits per heavy atom. The number of esters is 1. The van der Waals surface area contributed by atoms with Crippen LogP contribution in [0.5, 0.6) is 5.06 Å². The van der Waals surface area contributed by atoms with Gasteiger partial charge in [-0.25, -0.2) is 0 Å². The maximum Gasteiger partial charge on any atom is 0.308 e. The average molecular weight is 219 g/mol. The lowest BCUT2D eigenvalue weighted by Gasteiger charge is -2.01. The van der Waals surface area contributed by atoms with E-state index in [0.717, 1.165) is 11.3 Å². The van der Waals surface area contributed by atoms with E-state index in [1.807, 2.05) is 29.6 Å². The minimum Gasteiger partial charge on any atom is -0.415 e. The third kappa shape index (κ3) is 2.22. The highest BCUT2D eigenvalue weighted by molar-refractivity contribution is 7.12. The van der Waals surface area contributed by atoms with Crippen LogP contribution in [0.4, 0.5) is 0 Å². The molecule has 0 fully saturated rings. The Labute approximate surface area is 91.4 Å². The number of hydrogen-bond acceptors (Lipinski definition) is 4. The van der Waals surface area contributed by atoms with Crippen LogP contribution in [-0.4, -0.2) is 11.0 Å². The fourth-order valence-corrected chi connectivity index (χ4v) is 2.01. The van der Waals surface area contributed by atoms with E-state index in [2.05, 4.69) is 4.98 Å². The summed E-state index contributed by atoms with van der Waals surface area (Å²) in [5, 5.41) is 2.48. The minimum absolute atomic E-state index is 0.311. The van der Waals surface area contributed by atoms with Gasteiger partial charge in [-0.1, -0.05) is 6.07 Å². The molecule has 2 aromatic rings. The zero-order valence-corrected chi connectivity index (χ0v) is 8.95. The molecular weight excluding hydrogens is 210 g/mol. The summed E-state index contributed by atoms with van der Waals surface area (Å²) in [5.74, 6) is -0.311. The lowest BCUT2D eigenvalue weighted by atomic mass is 10.2. The molecule has 0 aliphatic rings. The predicted molar refractivity (Wildman–Crippen MR) is 58.9 cm³/mol. The van der Waals surface area contributed by atoms with Gasteiger partial charge in [0, 0.05) is 13.1 Å². The topological polar surface area (TPSA) is 39.2 Å². The van der Waals surface area contributed by atoms with Gasteiger partial charge in [-0.3, -0.25) is 9.78 Å². The number of nitrogens with zero attached hydrogens (tertiary/aromatic N) is 1. The maximum absolute atomic E-state index is 10.9. The highest BCUT2D eigenvalue weighted by Crippen LogP contribution is 2.33. The molecule has 2 rings (SSSR count).